The van der Waals surface area contributed by atoms with Crippen molar-refractivity contribution in [1.29, 1.82) is 0 Å². The highest BCUT2D eigenvalue weighted by atomic mass is 16.5. The largest absolute Gasteiger partial charge is 0.375 e. The maximum atomic E-state index is 5.81. The highest BCUT2D eigenvalue weighted by Gasteiger charge is 2.36. The first-order chi connectivity index (χ1) is 9.36. The summed E-state index contributed by atoms with van der Waals surface area (Å²) in [5.41, 5.74) is 3.14. The molecule has 0 bridgehead atoms. The van der Waals surface area contributed by atoms with E-state index in [4.69, 9.17) is 4.74 Å². The second-order valence-corrected chi connectivity index (χ2v) is 7.19. The van der Waals surface area contributed by atoms with Crippen molar-refractivity contribution in [2.45, 2.75) is 59.1 Å². The van der Waals surface area contributed by atoms with Crippen LogP contribution in [0.15, 0.2) is 24.3 Å². The van der Waals surface area contributed by atoms with E-state index in [-0.39, 0.29) is 11.0 Å². The van der Waals surface area contributed by atoms with Crippen LogP contribution in [0, 0.1) is 5.41 Å². The Kier molecular flexibility index (Phi) is 4.55. The van der Waals surface area contributed by atoms with Gasteiger partial charge in [0.2, 0.25) is 0 Å². The predicted octanol–water partition coefficient (Wildman–Crippen LogP) is 4.10. The summed E-state index contributed by atoms with van der Waals surface area (Å²) in [6.07, 6.45) is 2.42. The van der Waals surface area contributed by atoms with Gasteiger partial charge in [-0.25, -0.2) is 0 Å². The number of hydrogen-bond acceptors (Lipinski definition) is 2. The molecule has 1 atom stereocenters. The molecule has 0 amide bonds. The van der Waals surface area contributed by atoms with Crippen molar-refractivity contribution in [3.8, 4) is 0 Å². The molecule has 2 rings (SSSR count). The van der Waals surface area contributed by atoms with Crippen LogP contribution in [0.5, 0.6) is 0 Å². The molecule has 1 N–H and O–H groups in total. The molecule has 0 radical (unpaired) electrons. The number of aryl methyl sites for hydroxylation is 1. The lowest BCUT2D eigenvalue weighted by atomic mass is 9.70. The Balaban J connectivity index is 2.16. The number of nitrogens with one attached hydrogen (secondary N) is 1. The van der Waals surface area contributed by atoms with E-state index >= 15 is 0 Å². The molecule has 1 aliphatic carbocycles. The first-order valence-corrected chi connectivity index (χ1v) is 7.81. The van der Waals surface area contributed by atoms with Gasteiger partial charge in [-0.2, -0.15) is 0 Å². The molecule has 0 fully saturated rings. The average molecular weight is 275 g/mol. The van der Waals surface area contributed by atoms with Crippen LogP contribution in [0.25, 0.3) is 0 Å². The molecular formula is C18H29NO. The molecular weight excluding hydrogens is 246 g/mol. The Hall–Kier alpha value is -0.860. The normalized spacial score (nSPS) is 21.6. The molecule has 0 saturated carbocycles. The number of benzene rings is 1. The molecule has 1 unspecified atom stereocenters. The summed E-state index contributed by atoms with van der Waals surface area (Å²) in [5, 5.41) is 3.77. The van der Waals surface area contributed by atoms with Gasteiger partial charge in [-0.3, -0.25) is 0 Å². The minimum absolute atomic E-state index is 0.114. The number of hydrogen-bond donors (Lipinski definition) is 1. The Labute approximate surface area is 123 Å². The van der Waals surface area contributed by atoms with Crippen LogP contribution >= 0.6 is 0 Å². The predicted molar refractivity (Wildman–Crippen MR) is 85.0 cm³/mol. The molecule has 20 heavy (non-hydrogen) atoms. The van der Waals surface area contributed by atoms with Crippen molar-refractivity contribution in [2.24, 2.45) is 5.41 Å². The SMILES string of the molecule is CCOC(C)(C)CNC1c2ccccc2CCC1(C)C. The molecule has 0 aliphatic heterocycles. The van der Waals surface area contributed by atoms with Crippen molar-refractivity contribution in [1.82, 2.24) is 5.32 Å². The monoisotopic (exact) mass is 275 g/mol. The van der Waals surface area contributed by atoms with Crippen molar-refractivity contribution >= 4 is 0 Å². The number of rotatable bonds is 5. The van der Waals surface area contributed by atoms with Gasteiger partial charge in [0.25, 0.3) is 0 Å². The van der Waals surface area contributed by atoms with Crippen molar-refractivity contribution < 1.29 is 4.74 Å². The van der Waals surface area contributed by atoms with E-state index in [9.17, 15) is 0 Å². The minimum atomic E-state index is -0.114. The minimum Gasteiger partial charge on any atom is -0.375 e. The molecule has 0 aromatic heterocycles. The maximum Gasteiger partial charge on any atom is 0.0750 e. The Morgan fingerprint density at radius 3 is 2.70 bits per heavy atom. The fourth-order valence-corrected chi connectivity index (χ4v) is 3.24. The standard InChI is InChI=1S/C18H29NO/c1-6-20-18(4,5)13-19-16-15-10-8-7-9-14(15)11-12-17(16,2)3/h7-10,16,19H,6,11-13H2,1-5H3. The van der Waals surface area contributed by atoms with Crippen molar-refractivity contribution in [3.05, 3.63) is 35.4 Å². The van der Waals surface area contributed by atoms with Gasteiger partial charge in [0.15, 0.2) is 0 Å². The fraction of sp³-hybridized carbons (Fsp3) is 0.667. The maximum absolute atomic E-state index is 5.81. The van der Waals surface area contributed by atoms with E-state index in [2.05, 4.69) is 64.2 Å². The van der Waals surface area contributed by atoms with Crippen LogP contribution in [-0.4, -0.2) is 18.8 Å². The third-order valence-electron chi connectivity index (χ3n) is 4.45. The Morgan fingerprint density at radius 1 is 1.30 bits per heavy atom. The topological polar surface area (TPSA) is 21.3 Å². The summed E-state index contributed by atoms with van der Waals surface area (Å²) in [5.74, 6) is 0. The van der Waals surface area contributed by atoms with Gasteiger partial charge in [0.05, 0.1) is 5.60 Å². The second kappa shape index (κ2) is 5.87. The number of fused-ring (bicyclic) bond motifs is 1. The summed E-state index contributed by atoms with van der Waals surface area (Å²) >= 11 is 0. The zero-order chi connectivity index (χ0) is 14.8. The smallest absolute Gasteiger partial charge is 0.0750 e. The van der Waals surface area contributed by atoms with Crippen LogP contribution < -0.4 is 5.32 Å². The van der Waals surface area contributed by atoms with Crippen molar-refractivity contribution in [3.63, 3.8) is 0 Å². The summed E-state index contributed by atoms with van der Waals surface area (Å²) in [4.78, 5) is 0. The van der Waals surface area contributed by atoms with E-state index in [1.807, 2.05) is 0 Å². The summed E-state index contributed by atoms with van der Waals surface area (Å²) in [6, 6.07) is 9.27. The lowest BCUT2D eigenvalue weighted by molar-refractivity contribution is -0.0142. The van der Waals surface area contributed by atoms with Gasteiger partial charge in [0.1, 0.15) is 0 Å². The van der Waals surface area contributed by atoms with Crippen LogP contribution in [-0.2, 0) is 11.2 Å². The fourth-order valence-electron chi connectivity index (χ4n) is 3.24. The summed E-state index contributed by atoms with van der Waals surface area (Å²) < 4.78 is 5.81. The summed E-state index contributed by atoms with van der Waals surface area (Å²) in [7, 11) is 0. The van der Waals surface area contributed by atoms with Gasteiger partial charge >= 0.3 is 0 Å². The molecule has 1 aromatic carbocycles. The molecule has 0 heterocycles. The highest BCUT2D eigenvalue weighted by molar-refractivity contribution is 5.34. The zero-order valence-electron chi connectivity index (χ0n) is 13.6. The van der Waals surface area contributed by atoms with E-state index < -0.39 is 0 Å². The Bertz CT molecular complexity index is 450. The van der Waals surface area contributed by atoms with Gasteiger partial charge in [0, 0.05) is 19.2 Å². The van der Waals surface area contributed by atoms with E-state index in [0.29, 0.717) is 6.04 Å². The molecule has 2 nitrogen and oxygen atoms in total. The van der Waals surface area contributed by atoms with Crippen LogP contribution in [0.4, 0.5) is 0 Å². The average Bonchev–Trinajstić information content (AvgIpc) is 2.37. The molecule has 1 aromatic rings. The van der Waals surface area contributed by atoms with E-state index in [1.165, 1.54) is 24.0 Å². The Morgan fingerprint density at radius 2 is 2.00 bits per heavy atom. The van der Waals surface area contributed by atoms with E-state index in [0.717, 1.165) is 13.2 Å². The third-order valence-corrected chi connectivity index (χ3v) is 4.45. The zero-order valence-corrected chi connectivity index (χ0v) is 13.6. The van der Waals surface area contributed by atoms with Gasteiger partial charge in [-0.1, -0.05) is 38.1 Å². The van der Waals surface area contributed by atoms with E-state index in [1.54, 1.807) is 0 Å². The lowest BCUT2D eigenvalue weighted by Gasteiger charge is -2.42. The van der Waals surface area contributed by atoms with Gasteiger partial charge < -0.3 is 10.1 Å². The summed E-state index contributed by atoms with van der Waals surface area (Å²) in [6.45, 7) is 12.8. The molecule has 0 saturated heterocycles. The highest BCUT2D eigenvalue weighted by Crippen LogP contribution is 2.43. The first-order valence-electron chi connectivity index (χ1n) is 7.81. The lowest BCUT2D eigenvalue weighted by Crippen LogP contribution is -2.45. The van der Waals surface area contributed by atoms with Crippen molar-refractivity contribution in [2.75, 3.05) is 13.2 Å². The van der Waals surface area contributed by atoms with Crippen LogP contribution in [0.1, 0.15) is 58.2 Å². The quantitative estimate of drug-likeness (QED) is 0.873. The molecule has 0 spiro atoms. The second-order valence-electron chi connectivity index (χ2n) is 7.19. The molecule has 2 heteroatoms. The van der Waals surface area contributed by atoms with Crippen LogP contribution in [0.3, 0.4) is 0 Å². The van der Waals surface area contributed by atoms with Crippen LogP contribution in [0.2, 0.25) is 0 Å². The molecule has 112 valence electrons. The molecule has 1 aliphatic rings. The number of ether oxygens (including phenoxy) is 1. The van der Waals surface area contributed by atoms with Gasteiger partial charge in [-0.05, 0) is 50.2 Å². The van der Waals surface area contributed by atoms with Gasteiger partial charge in [-0.15, -0.1) is 0 Å². The third kappa shape index (κ3) is 3.42. The first kappa shape index (κ1) is 15.5.